The summed E-state index contributed by atoms with van der Waals surface area (Å²) in [5.41, 5.74) is 5.80. The number of hydrogen-bond acceptors (Lipinski definition) is 6. The molecule has 47 heavy (non-hydrogen) atoms. The van der Waals surface area contributed by atoms with Crippen molar-refractivity contribution in [3.05, 3.63) is 139 Å². The number of rotatable bonds is 11. The van der Waals surface area contributed by atoms with E-state index in [9.17, 15) is 29.9 Å². The highest BCUT2D eigenvalue weighted by atomic mass is 16.6. The van der Waals surface area contributed by atoms with Crippen LogP contribution in [0.2, 0.25) is 0 Å². The predicted octanol–water partition coefficient (Wildman–Crippen LogP) is 8.51. The number of nitrogens with zero attached hydrogens (tertiary/aromatic N) is 1. The van der Waals surface area contributed by atoms with E-state index >= 15 is 0 Å². The maximum Gasteiger partial charge on any atom is 0.269 e. The number of hydrogen-bond donors (Lipinski definition) is 2. The third-order valence-electron chi connectivity index (χ3n) is 8.58. The fraction of sp³-hybridized carbons (Fsp3) is 0.400. The van der Waals surface area contributed by atoms with Gasteiger partial charge in [0.05, 0.1) is 4.92 Å². The monoisotopic (exact) mass is 641 g/mol. The zero-order valence-electron chi connectivity index (χ0n) is 29.5. The molecule has 2 N–H and O–H groups in total. The zero-order valence-corrected chi connectivity index (χ0v) is 29.5. The highest BCUT2D eigenvalue weighted by Crippen LogP contribution is 2.40. The number of carbonyl (C=O) groups excluding carboxylic acids is 2. The van der Waals surface area contributed by atoms with Crippen LogP contribution in [0.5, 0.6) is 0 Å². The topological polar surface area (TPSA) is 118 Å². The van der Waals surface area contributed by atoms with Crippen molar-refractivity contribution in [3.8, 4) is 0 Å². The van der Waals surface area contributed by atoms with Crippen molar-refractivity contribution >= 4 is 11.6 Å². The van der Waals surface area contributed by atoms with E-state index in [1.165, 1.54) is 12.2 Å². The van der Waals surface area contributed by atoms with Crippen LogP contribution in [0.3, 0.4) is 0 Å². The van der Waals surface area contributed by atoms with Gasteiger partial charge in [-0.05, 0) is 93.1 Å². The molecule has 0 aromatic rings. The van der Waals surface area contributed by atoms with Gasteiger partial charge in [0.15, 0.2) is 11.6 Å². The van der Waals surface area contributed by atoms with Crippen molar-refractivity contribution in [2.45, 2.75) is 94.3 Å². The minimum Gasteiger partial charge on any atom is -0.385 e. The first-order valence-electron chi connectivity index (χ1n) is 15.9. The Balaban J connectivity index is 2.11. The molecule has 0 unspecified atom stereocenters. The molecule has 0 radical (unpaired) electrons. The smallest absolute Gasteiger partial charge is 0.269 e. The van der Waals surface area contributed by atoms with E-state index < -0.39 is 17.1 Å². The van der Waals surface area contributed by atoms with E-state index in [1.807, 2.05) is 103 Å². The van der Waals surface area contributed by atoms with E-state index in [0.29, 0.717) is 29.6 Å². The molecule has 0 bridgehead atoms. The number of carbonyl (C=O) groups is 2. The number of allylic oxidation sites excluding steroid dienone is 19. The summed E-state index contributed by atoms with van der Waals surface area (Å²) in [4.78, 5) is 35.8. The minimum atomic E-state index is -0.958. The predicted molar refractivity (Wildman–Crippen MR) is 191 cm³/mol. The van der Waals surface area contributed by atoms with Crippen LogP contribution >= 0.6 is 0 Å². The van der Waals surface area contributed by atoms with Gasteiger partial charge in [0.1, 0.15) is 12.2 Å². The van der Waals surface area contributed by atoms with Gasteiger partial charge < -0.3 is 10.2 Å². The molecule has 2 atom stereocenters. The second-order valence-corrected chi connectivity index (χ2v) is 13.9. The molecule has 2 aliphatic carbocycles. The Morgan fingerprint density at radius 2 is 1.06 bits per heavy atom. The number of nitro groups is 1. The second-order valence-electron chi connectivity index (χ2n) is 13.9. The molecule has 0 aliphatic heterocycles. The molecular weight excluding hydrogens is 590 g/mol. The Hall–Kier alpha value is -4.20. The first-order valence-corrected chi connectivity index (χ1v) is 15.9. The van der Waals surface area contributed by atoms with Gasteiger partial charge in [-0.25, -0.2) is 0 Å². The highest BCUT2D eigenvalue weighted by molar-refractivity contribution is 6.01. The van der Waals surface area contributed by atoms with Crippen molar-refractivity contribution in [2.75, 3.05) is 0 Å². The minimum absolute atomic E-state index is 0.0395. The molecule has 2 rings (SSSR count). The molecule has 0 aromatic carbocycles. The first-order chi connectivity index (χ1) is 21.8. The Bertz CT molecular complexity index is 1610. The first kappa shape index (κ1) is 39.0. The van der Waals surface area contributed by atoms with Gasteiger partial charge in [0, 0.05) is 12.2 Å². The lowest BCUT2D eigenvalue weighted by molar-refractivity contribution is -0.419. The summed E-state index contributed by atoms with van der Waals surface area (Å²) in [5.74, 6) is -0.451. The summed E-state index contributed by atoms with van der Waals surface area (Å²) < 4.78 is 0. The molecule has 0 spiro atoms. The SMILES string of the molecule is CC1=C(/C=C/C(C)=C\C=C\C(C)=C\C=C(/C=C(C)/C=C/C=C(C)/C=C/C2=C(C)C(=O)[C@@H](O)CC2(C)C)[N+](=O)[O-])C(C)(C)C[C@H](O)C1=O. The Morgan fingerprint density at radius 3 is 1.47 bits per heavy atom. The van der Waals surface area contributed by atoms with E-state index in [0.717, 1.165) is 27.9 Å². The molecule has 0 amide bonds. The highest BCUT2D eigenvalue weighted by Gasteiger charge is 2.37. The molecule has 0 saturated carbocycles. The molecule has 0 fully saturated rings. The molecule has 252 valence electrons. The maximum absolute atomic E-state index is 12.3. The van der Waals surface area contributed by atoms with Gasteiger partial charge in [0.25, 0.3) is 5.70 Å². The zero-order chi connectivity index (χ0) is 35.7. The lowest BCUT2D eigenvalue weighted by Crippen LogP contribution is -2.35. The molecule has 0 saturated heterocycles. The lowest BCUT2D eigenvalue weighted by Gasteiger charge is -2.34. The summed E-state index contributed by atoms with van der Waals surface area (Å²) >= 11 is 0. The number of aliphatic hydroxyl groups is 2. The van der Waals surface area contributed by atoms with Crippen LogP contribution in [0.1, 0.15) is 82.1 Å². The second kappa shape index (κ2) is 16.6. The third kappa shape index (κ3) is 11.2. The molecular formula is C40H51NO6. The lowest BCUT2D eigenvalue weighted by atomic mass is 9.71. The summed E-state index contributed by atoms with van der Waals surface area (Å²) in [5, 5.41) is 31.8. The average Bonchev–Trinajstić information content (AvgIpc) is 2.96. The van der Waals surface area contributed by atoms with Crippen LogP contribution in [0, 0.1) is 20.9 Å². The van der Waals surface area contributed by atoms with Crippen LogP contribution < -0.4 is 0 Å². The van der Waals surface area contributed by atoms with Gasteiger partial charge in [-0.2, -0.15) is 0 Å². The molecule has 0 heterocycles. The third-order valence-corrected chi connectivity index (χ3v) is 8.58. The standard InChI is InChI=1S/C40H51NO6/c1-26(13-11-14-27(2)18-21-33-30(5)37(44)35(42)24-39(33,7)8)17-20-32(41(46)47)23-29(4)16-12-15-28(3)19-22-34-31(6)38(45)36(43)25-40(34,9)10/h11-23,35-36,42-43H,24-25H2,1-10H3/b13-11+,16-12+,21-18+,22-19+,26-17+,27-14-,28-15+,29-23+,32-20+/t35-,36-/m0/s1. The van der Waals surface area contributed by atoms with Crippen LogP contribution in [0.4, 0.5) is 0 Å². The van der Waals surface area contributed by atoms with E-state index in [4.69, 9.17) is 0 Å². The summed E-state index contributed by atoms with van der Waals surface area (Å²) in [6.45, 7) is 19.1. The van der Waals surface area contributed by atoms with Crippen molar-refractivity contribution < 1.29 is 24.7 Å². The van der Waals surface area contributed by atoms with Crippen LogP contribution in [0.25, 0.3) is 0 Å². The van der Waals surface area contributed by atoms with Crippen molar-refractivity contribution in [3.63, 3.8) is 0 Å². The van der Waals surface area contributed by atoms with Crippen molar-refractivity contribution in [1.82, 2.24) is 0 Å². The van der Waals surface area contributed by atoms with Crippen LogP contribution in [-0.2, 0) is 9.59 Å². The van der Waals surface area contributed by atoms with Crippen molar-refractivity contribution in [2.24, 2.45) is 10.8 Å². The molecule has 0 aromatic heterocycles. The van der Waals surface area contributed by atoms with E-state index in [-0.39, 0.29) is 28.1 Å². The normalized spacial score (nSPS) is 23.9. The van der Waals surface area contributed by atoms with Crippen molar-refractivity contribution in [1.29, 1.82) is 0 Å². The fourth-order valence-electron chi connectivity index (χ4n) is 5.81. The van der Waals surface area contributed by atoms with Crippen LogP contribution in [0.15, 0.2) is 129 Å². The Kier molecular flexibility index (Phi) is 13.7. The number of aliphatic hydroxyl groups excluding tert-OH is 2. The largest absolute Gasteiger partial charge is 0.385 e. The number of ketones is 2. The maximum atomic E-state index is 12.3. The van der Waals surface area contributed by atoms with Gasteiger partial charge in [-0.1, -0.05) is 111 Å². The van der Waals surface area contributed by atoms with Gasteiger partial charge in [-0.3, -0.25) is 19.7 Å². The van der Waals surface area contributed by atoms with Gasteiger partial charge >= 0.3 is 0 Å². The summed E-state index contributed by atoms with van der Waals surface area (Å²) in [7, 11) is 0. The van der Waals surface area contributed by atoms with E-state index in [1.54, 1.807) is 32.9 Å². The Morgan fingerprint density at radius 1 is 0.681 bits per heavy atom. The average molecular weight is 642 g/mol. The fourth-order valence-corrected chi connectivity index (χ4v) is 5.81. The molecule has 7 heteroatoms. The number of Topliss-reactive ketones (excluding diaryl/α,β-unsaturated/α-hetero) is 2. The molecule has 7 nitrogen and oxygen atoms in total. The van der Waals surface area contributed by atoms with Gasteiger partial charge in [0.2, 0.25) is 0 Å². The Labute approximate surface area is 280 Å². The summed E-state index contributed by atoms with van der Waals surface area (Å²) in [6, 6.07) is 0. The summed E-state index contributed by atoms with van der Waals surface area (Å²) in [6.07, 6.45) is 22.5. The molecule has 2 aliphatic rings. The van der Waals surface area contributed by atoms with Crippen LogP contribution in [-0.4, -0.2) is 38.9 Å². The van der Waals surface area contributed by atoms with E-state index in [2.05, 4.69) is 0 Å². The quantitative estimate of drug-likeness (QED) is 0.133. The van der Waals surface area contributed by atoms with Gasteiger partial charge in [-0.15, -0.1) is 0 Å².